The molecule has 7 nitrogen and oxygen atoms in total. The molecule has 0 fully saturated rings. The first-order valence-electron chi connectivity index (χ1n) is 13.1. The molecule has 8 heteroatoms. The summed E-state index contributed by atoms with van der Waals surface area (Å²) in [6.45, 7) is 6.00. The predicted molar refractivity (Wildman–Crippen MR) is 151 cm³/mol. The van der Waals surface area contributed by atoms with Gasteiger partial charge in [0.1, 0.15) is 12.6 Å². The lowest BCUT2D eigenvalue weighted by atomic mass is 10.1. The minimum Gasteiger partial charge on any atom is -0.355 e. The molecule has 0 bridgehead atoms. The third-order valence-corrected chi connectivity index (χ3v) is 8.25. The van der Waals surface area contributed by atoms with Crippen molar-refractivity contribution in [2.24, 2.45) is 0 Å². The highest BCUT2D eigenvalue weighted by Gasteiger charge is 2.33. The van der Waals surface area contributed by atoms with Gasteiger partial charge in [-0.1, -0.05) is 74.5 Å². The SMILES string of the molecule is CCNC(=O)[C@@H](CC)N(CCc1ccccc1)C(=O)CN(c1ccc(CC)cc1)S(=O)(=O)c1ccccc1. The van der Waals surface area contributed by atoms with E-state index >= 15 is 0 Å². The molecule has 202 valence electrons. The molecule has 1 atom stereocenters. The summed E-state index contributed by atoms with van der Waals surface area (Å²) in [5, 5.41) is 2.82. The molecular weight excluding hydrogens is 498 g/mol. The maximum atomic E-state index is 13.9. The van der Waals surface area contributed by atoms with Crippen molar-refractivity contribution in [3.05, 3.63) is 96.1 Å². The van der Waals surface area contributed by atoms with Gasteiger partial charge in [0.05, 0.1) is 10.6 Å². The Bertz CT molecular complexity index is 1280. The summed E-state index contributed by atoms with van der Waals surface area (Å²) in [6, 6.07) is 24.3. The molecule has 0 radical (unpaired) electrons. The Morgan fingerprint density at radius 3 is 1.97 bits per heavy atom. The van der Waals surface area contributed by atoms with E-state index in [1.807, 2.05) is 63.2 Å². The summed E-state index contributed by atoms with van der Waals surface area (Å²) < 4.78 is 28.7. The van der Waals surface area contributed by atoms with Crippen LogP contribution in [0.2, 0.25) is 0 Å². The van der Waals surface area contributed by atoms with Gasteiger partial charge in [-0.15, -0.1) is 0 Å². The topological polar surface area (TPSA) is 86.8 Å². The number of nitrogens with zero attached hydrogens (tertiary/aromatic N) is 2. The van der Waals surface area contributed by atoms with Gasteiger partial charge in [0.25, 0.3) is 10.0 Å². The molecule has 0 heterocycles. The Balaban J connectivity index is 1.99. The minimum absolute atomic E-state index is 0.0963. The van der Waals surface area contributed by atoms with E-state index in [1.165, 1.54) is 17.0 Å². The second kappa shape index (κ2) is 13.8. The van der Waals surface area contributed by atoms with Gasteiger partial charge in [-0.05, 0) is 61.6 Å². The van der Waals surface area contributed by atoms with Crippen molar-refractivity contribution >= 4 is 27.5 Å². The number of aryl methyl sites for hydroxylation is 1. The van der Waals surface area contributed by atoms with E-state index in [1.54, 1.807) is 30.3 Å². The van der Waals surface area contributed by atoms with Crippen LogP contribution >= 0.6 is 0 Å². The maximum Gasteiger partial charge on any atom is 0.264 e. The molecule has 3 aromatic rings. The largest absolute Gasteiger partial charge is 0.355 e. The van der Waals surface area contributed by atoms with E-state index in [0.717, 1.165) is 21.9 Å². The normalized spacial score (nSPS) is 12.0. The molecule has 0 spiro atoms. The van der Waals surface area contributed by atoms with Crippen LogP contribution in [0.25, 0.3) is 0 Å². The first-order valence-corrected chi connectivity index (χ1v) is 14.5. The zero-order valence-electron chi connectivity index (χ0n) is 22.3. The van der Waals surface area contributed by atoms with Crippen molar-refractivity contribution in [3.8, 4) is 0 Å². The smallest absolute Gasteiger partial charge is 0.264 e. The number of rotatable bonds is 13. The lowest BCUT2D eigenvalue weighted by molar-refractivity contribution is -0.139. The van der Waals surface area contributed by atoms with Crippen molar-refractivity contribution < 1.29 is 18.0 Å². The Labute approximate surface area is 226 Å². The van der Waals surface area contributed by atoms with Crippen LogP contribution in [0.3, 0.4) is 0 Å². The summed E-state index contributed by atoms with van der Waals surface area (Å²) >= 11 is 0. The molecule has 0 aliphatic rings. The molecule has 0 aliphatic heterocycles. The molecule has 0 aliphatic carbocycles. The number of amides is 2. The van der Waals surface area contributed by atoms with E-state index in [9.17, 15) is 18.0 Å². The summed E-state index contributed by atoms with van der Waals surface area (Å²) in [5.41, 5.74) is 2.48. The van der Waals surface area contributed by atoms with Gasteiger partial charge in [-0.3, -0.25) is 13.9 Å². The zero-order valence-corrected chi connectivity index (χ0v) is 23.2. The number of hydrogen-bond donors (Lipinski definition) is 1. The van der Waals surface area contributed by atoms with Gasteiger partial charge >= 0.3 is 0 Å². The molecule has 2 amide bonds. The molecule has 3 rings (SSSR count). The van der Waals surface area contributed by atoms with Gasteiger partial charge in [-0.25, -0.2) is 8.42 Å². The quantitative estimate of drug-likeness (QED) is 0.351. The lowest BCUT2D eigenvalue weighted by Gasteiger charge is -2.33. The Hall–Kier alpha value is -3.65. The molecule has 38 heavy (non-hydrogen) atoms. The average Bonchev–Trinajstić information content (AvgIpc) is 2.95. The van der Waals surface area contributed by atoms with E-state index in [0.29, 0.717) is 25.1 Å². The molecule has 3 aromatic carbocycles. The summed E-state index contributed by atoms with van der Waals surface area (Å²) in [4.78, 5) is 28.5. The van der Waals surface area contributed by atoms with Crippen molar-refractivity contribution in [2.45, 2.75) is 51.0 Å². The fraction of sp³-hybridized carbons (Fsp3) is 0.333. The number of likely N-dealkylation sites (N-methyl/N-ethyl adjacent to an activating group) is 1. The number of benzene rings is 3. The number of anilines is 1. The third-order valence-electron chi connectivity index (χ3n) is 6.46. The maximum absolute atomic E-state index is 13.9. The highest BCUT2D eigenvalue weighted by molar-refractivity contribution is 7.92. The first-order chi connectivity index (χ1) is 18.3. The predicted octanol–water partition coefficient (Wildman–Crippen LogP) is 4.43. The minimum atomic E-state index is -4.05. The Morgan fingerprint density at radius 1 is 0.816 bits per heavy atom. The van der Waals surface area contributed by atoms with Gasteiger partial charge in [-0.2, -0.15) is 0 Å². The standard InChI is InChI=1S/C30H37N3O4S/c1-4-24-17-19-26(20-18-24)33(38(36,37)27-15-11-8-12-16-27)23-29(34)32(28(5-2)30(35)31-6-3)22-21-25-13-9-7-10-14-25/h7-20,28H,4-6,21-23H2,1-3H3,(H,31,35)/t28-/m1/s1. The molecule has 1 N–H and O–H groups in total. The van der Waals surface area contributed by atoms with Gasteiger partial charge in [0.15, 0.2) is 0 Å². The highest BCUT2D eigenvalue weighted by atomic mass is 32.2. The fourth-order valence-corrected chi connectivity index (χ4v) is 5.77. The van der Waals surface area contributed by atoms with Crippen LogP contribution in [0.4, 0.5) is 5.69 Å². The third kappa shape index (κ3) is 7.22. The van der Waals surface area contributed by atoms with Crippen LogP contribution in [-0.4, -0.2) is 50.8 Å². The van der Waals surface area contributed by atoms with Crippen LogP contribution in [-0.2, 0) is 32.5 Å². The van der Waals surface area contributed by atoms with Gasteiger partial charge in [0.2, 0.25) is 11.8 Å². The van der Waals surface area contributed by atoms with Crippen molar-refractivity contribution in [2.75, 3.05) is 23.9 Å². The van der Waals surface area contributed by atoms with Gasteiger partial charge < -0.3 is 10.2 Å². The van der Waals surface area contributed by atoms with E-state index in [-0.39, 0.29) is 17.3 Å². The van der Waals surface area contributed by atoms with Crippen molar-refractivity contribution in [3.63, 3.8) is 0 Å². The fourth-order valence-electron chi connectivity index (χ4n) is 4.33. The van der Waals surface area contributed by atoms with Crippen LogP contribution in [0.5, 0.6) is 0 Å². The van der Waals surface area contributed by atoms with Crippen molar-refractivity contribution in [1.82, 2.24) is 10.2 Å². The number of sulfonamides is 1. The van der Waals surface area contributed by atoms with Gasteiger partial charge in [0, 0.05) is 13.1 Å². The summed E-state index contributed by atoms with van der Waals surface area (Å²) in [6.07, 6.45) is 1.75. The zero-order chi connectivity index (χ0) is 27.5. The Morgan fingerprint density at radius 2 is 1.42 bits per heavy atom. The average molecular weight is 536 g/mol. The number of nitrogens with one attached hydrogen (secondary N) is 1. The van der Waals surface area contributed by atoms with Crippen molar-refractivity contribution in [1.29, 1.82) is 0 Å². The molecular formula is C30H37N3O4S. The number of hydrogen-bond acceptors (Lipinski definition) is 4. The number of carbonyl (C=O) groups is 2. The molecule has 0 saturated heterocycles. The summed E-state index contributed by atoms with van der Waals surface area (Å²) in [7, 11) is -4.05. The molecule has 0 unspecified atom stereocenters. The first kappa shape index (κ1) is 28.9. The molecule has 0 saturated carbocycles. The van der Waals surface area contributed by atoms with E-state index in [2.05, 4.69) is 5.32 Å². The van der Waals surface area contributed by atoms with Crippen LogP contribution < -0.4 is 9.62 Å². The Kier molecular flexibility index (Phi) is 10.5. The van der Waals surface area contributed by atoms with Crippen LogP contribution in [0.1, 0.15) is 38.3 Å². The van der Waals surface area contributed by atoms with Crippen LogP contribution in [0.15, 0.2) is 89.8 Å². The van der Waals surface area contributed by atoms with Crippen LogP contribution in [0, 0.1) is 0 Å². The van der Waals surface area contributed by atoms with E-state index in [4.69, 9.17) is 0 Å². The second-order valence-electron chi connectivity index (χ2n) is 8.99. The summed E-state index contributed by atoms with van der Waals surface area (Å²) in [5.74, 6) is -0.681. The van der Waals surface area contributed by atoms with E-state index < -0.39 is 28.5 Å². The second-order valence-corrected chi connectivity index (χ2v) is 10.8. The monoisotopic (exact) mass is 535 g/mol. The highest BCUT2D eigenvalue weighted by Crippen LogP contribution is 2.25. The number of carbonyl (C=O) groups excluding carboxylic acids is 2. The molecule has 0 aromatic heterocycles. The lowest BCUT2D eigenvalue weighted by Crippen LogP contribution is -2.53.